The highest BCUT2D eigenvalue weighted by Gasteiger charge is 2.38. The van der Waals surface area contributed by atoms with Gasteiger partial charge in [0.05, 0.1) is 11.4 Å². The molecular weight excluding hydrogens is 296 g/mol. The number of hydrogen-bond donors (Lipinski definition) is 1. The van der Waals surface area contributed by atoms with Gasteiger partial charge in [-0.3, -0.25) is 0 Å². The first-order valence-electron chi connectivity index (χ1n) is 7.96. The third-order valence-electron chi connectivity index (χ3n) is 3.90. The van der Waals surface area contributed by atoms with Crippen molar-refractivity contribution in [2.24, 2.45) is 4.99 Å². The highest BCUT2D eigenvalue weighted by molar-refractivity contribution is 5.93. The van der Waals surface area contributed by atoms with E-state index in [-0.39, 0.29) is 0 Å². The van der Waals surface area contributed by atoms with Crippen molar-refractivity contribution in [3.63, 3.8) is 0 Å². The van der Waals surface area contributed by atoms with Crippen LogP contribution >= 0.6 is 0 Å². The van der Waals surface area contributed by atoms with Crippen molar-refractivity contribution in [3.8, 4) is 0 Å². The lowest BCUT2D eigenvalue weighted by Gasteiger charge is -2.12. The van der Waals surface area contributed by atoms with Crippen LogP contribution in [0.5, 0.6) is 0 Å². The molecule has 0 saturated carbocycles. The minimum atomic E-state index is 0.694. The maximum Gasteiger partial charge on any atom is 0.379 e. The van der Waals surface area contributed by atoms with Gasteiger partial charge in [-0.25, -0.2) is 10.4 Å². The summed E-state index contributed by atoms with van der Waals surface area (Å²) in [7, 11) is 0. The smallest absolute Gasteiger partial charge is 0.226 e. The zero-order valence-electron chi connectivity index (χ0n) is 13.2. The van der Waals surface area contributed by atoms with Crippen molar-refractivity contribution in [1.82, 2.24) is 10.3 Å². The number of hydrazine groups is 1. The molecule has 24 heavy (non-hydrogen) atoms. The lowest BCUT2D eigenvalue weighted by Crippen LogP contribution is -2.33. The van der Waals surface area contributed by atoms with Gasteiger partial charge in [-0.05, 0) is 29.2 Å². The minimum Gasteiger partial charge on any atom is -0.226 e. The second-order valence-electron chi connectivity index (χ2n) is 5.55. The average molecular weight is 314 g/mol. The van der Waals surface area contributed by atoms with Crippen LogP contribution in [0, 0.1) is 0 Å². The zero-order valence-corrected chi connectivity index (χ0v) is 13.2. The Balaban J connectivity index is 1.70. The number of rotatable bonds is 3. The normalized spacial score (nSPS) is 16.3. The Morgan fingerprint density at radius 1 is 0.750 bits per heavy atom. The van der Waals surface area contributed by atoms with Gasteiger partial charge in [-0.1, -0.05) is 54.6 Å². The van der Waals surface area contributed by atoms with E-state index in [1.165, 1.54) is 0 Å². The molecule has 1 fully saturated rings. The molecule has 1 radical (unpaired) electrons. The molecule has 4 heteroatoms. The van der Waals surface area contributed by atoms with Crippen molar-refractivity contribution >= 4 is 23.0 Å². The van der Waals surface area contributed by atoms with Crippen LogP contribution in [0.15, 0.2) is 96.0 Å². The first-order chi connectivity index (χ1) is 11.9. The maximum atomic E-state index is 4.78. The summed E-state index contributed by atoms with van der Waals surface area (Å²) in [6, 6.07) is 30.6. The number of benzene rings is 3. The van der Waals surface area contributed by atoms with Gasteiger partial charge in [0, 0.05) is 12.1 Å². The molecule has 0 bridgehead atoms. The number of para-hydroxylation sites is 3. The molecule has 4 rings (SSSR count). The fourth-order valence-corrected chi connectivity index (χ4v) is 2.70. The average Bonchev–Trinajstić information content (AvgIpc) is 3.08. The summed E-state index contributed by atoms with van der Waals surface area (Å²) < 4.78 is 0. The monoisotopic (exact) mass is 314 g/mol. The van der Waals surface area contributed by atoms with E-state index in [0.29, 0.717) is 6.67 Å². The molecule has 0 spiro atoms. The van der Waals surface area contributed by atoms with Gasteiger partial charge in [0.15, 0.2) is 5.69 Å². The topological polar surface area (TPSA) is 33.5 Å². The number of hydrogen-bond acceptors (Lipinski definition) is 2. The Hall–Kier alpha value is -3.11. The SMILES string of the molecule is c1ccc(N=C2NN(c3ccccc3)C[N+]2c2ccccc2)cc1. The Morgan fingerprint density at radius 3 is 2.00 bits per heavy atom. The quantitative estimate of drug-likeness (QED) is 0.738. The summed E-state index contributed by atoms with van der Waals surface area (Å²) in [5.74, 6) is 0.816. The van der Waals surface area contributed by atoms with E-state index in [2.05, 4.69) is 39.6 Å². The van der Waals surface area contributed by atoms with Crippen molar-refractivity contribution < 1.29 is 0 Å². The molecule has 3 aromatic carbocycles. The second-order valence-corrected chi connectivity index (χ2v) is 5.55. The number of nitrogens with one attached hydrogen (secondary N) is 1. The van der Waals surface area contributed by atoms with Crippen molar-refractivity contribution in [2.45, 2.75) is 0 Å². The molecule has 0 unspecified atom stereocenters. The Morgan fingerprint density at radius 2 is 1.33 bits per heavy atom. The largest absolute Gasteiger partial charge is 0.379 e. The van der Waals surface area contributed by atoms with Gasteiger partial charge in [0.25, 0.3) is 0 Å². The van der Waals surface area contributed by atoms with E-state index in [0.717, 1.165) is 23.0 Å². The van der Waals surface area contributed by atoms with Gasteiger partial charge in [0.2, 0.25) is 6.67 Å². The summed E-state index contributed by atoms with van der Waals surface area (Å²) in [6.07, 6.45) is 0. The number of nitrogens with zero attached hydrogens (tertiary/aromatic N) is 3. The van der Waals surface area contributed by atoms with Crippen LogP contribution in [0.2, 0.25) is 0 Å². The molecule has 117 valence electrons. The summed E-state index contributed by atoms with van der Waals surface area (Å²) in [5, 5.41) is 2.09. The van der Waals surface area contributed by atoms with E-state index in [4.69, 9.17) is 4.99 Å². The predicted molar refractivity (Wildman–Crippen MR) is 98.7 cm³/mol. The number of aliphatic imine (C=N–C) groups is 1. The van der Waals surface area contributed by atoms with Gasteiger partial charge >= 0.3 is 5.96 Å². The molecule has 0 aliphatic carbocycles. The van der Waals surface area contributed by atoms with Crippen molar-refractivity contribution in [2.75, 3.05) is 11.7 Å². The van der Waals surface area contributed by atoms with E-state index in [9.17, 15) is 0 Å². The summed E-state index contributed by atoms with van der Waals surface area (Å²) in [4.78, 5) is 6.95. The lowest BCUT2D eigenvalue weighted by atomic mass is 10.3. The lowest BCUT2D eigenvalue weighted by molar-refractivity contribution is 0.744. The first-order valence-corrected chi connectivity index (χ1v) is 7.96. The maximum absolute atomic E-state index is 4.78. The van der Waals surface area contributed by atoms with E-state index in [1.54, 1.807) is 0 Å². The fraction of sp³-hybridized carbons (Fsp3) is 0.0500. The van der Waals surface area contributed by atoms with E-state index in [1.807, 2.05) is 66.7 Å². The van der Waals surface area contributed by atoms with Gasteiger partial charge < -0.3 is 0 Å². The van der Waals surface area contributed by atoms with Crippen LogP contribution in [0.3, 0.4) is 0 Å². The standard InChI is InChI=1S/C20H18N4/c1-4-10-17(11-5-1)21-20-22-24(19-14-8-3-9-15-19)16-23(20)18-12-6-2-7-13-18/h1-15H,16H2,(H,21,22)/q+1. The van der Waals surface area contributed by atoms with Crippen LogP contribution in [0.25, 0.3) is 0 Å². The number of guanidine groups is 1. The number of anilines is 2. The molecule has 1 aliphatic heterocycles. The minimum absolute atomic E-state index is 0.694. The third kappa shape index (κ3) is 3.00. The van der Waals surface area contributed by atoms with Crippen molar-refractivity contribution in [1.29, 1.82) is 0 Å². The third-order valence-corrected chi connectivity index (χ3v) is 3.90. The van der Waals surface area contributed by atoms with Crippen LogP contribution < -0.4 is 15.3 Å². The summed E-state index contributed by atoms with van der Waals surface area (Å²) in [6.45, 7) is 0.694. The predicted octanol–water partition coefficient (Wildman–Crippen LogP) is 4.13. The Labute approximate surface area is 141 Å². The summed E-state index contributed by atoms with van der Waals surface area (Å²) >= 11 is 0. The van der Waals surface area contributed by atoms with E-state index >= 15 is 0 Å². The molecule has 4 nitrogen and oxygen atoms in total. The van der Waals surface area contributed by atoms with Gasteiger partial charge in [0.1, 0.15) is 0 Å². The van der Waals surface area contributed by atoms with Crippen LogP contribution in [-0.2, 0) is 0 Å². The van der Waals surface area contributed by atoms with Gasteiger partial charge in [-0.15, -0.1) is 0 Å². The molecule has 0 aromatic heterocycles. The fourth-order valence-electron chi connectivity index (χ4n) is 2.70. The Bertz CT molecular complexity index is 816. The van der Waals surface area contributed by atoms with E-state index < -0.39 is 0 Å². The van der Waals surface area contributed by atoms with Crippen LogP contribution in [0.4, 0.5) is 17.1 Å². The molecule has 3 aromatic rings. The molecule has 1 N–H and O–H groups in total. The molecule has 1 heterocycles. The molecule has 0 atom stereocenters. The molecular formula is C20H18N4+. The first kappa shape index (κ1) is 14.5. The zero-order chi connectivity index (χ0) is 16.2. The second kappa shape index (κ2) is 6.56. The molecule has 0 amide bonds. The highest BCUT2D eigenvalue weighted by atomic mass is 15.7. The van der Waals surface area contributed by atoms with Gasteiger partial charge in [-0.2, -0.15) is 4.99 Å². The van der Waals surface area contributed by atoms with Crippen LogP contribution in [-0.4, -0.2) is 12.6 Å². The molecule has 1 aliphatic rings. The molecule has 1 saturated heterocycles. The Kier molecular flexibility index (Phi) is 3.96. The summed E-state index contributed by atoms with van der Waals surface area (Å²) in [5.41, 5.74) is 6.56. The highest BCUT2D eigenvalue weighted by Crippen LogP contribution is 2.23. The van der Waals surface area contributed by atoms with Crippen molar-refractivity contribution in [3.05, 3.63) is 91.0 Å². The van der Waals surface area contributed by atoms with Crippen LogP contribution in [0.1, 0.15) is 0 Å².